The third kappa shape index (κ3) is 1.88. The van der Waals surface area contributed by atoms with Crippen molar-refractivity contribution >= 4 is 11.3 Å². The van der Waals surface area contributed by atoms with Crippen LogP contribution < -0.4 is 4.90 Å². The summed E-state index contributed by atoms with van der Waals surface area (Å²) >= 11 is 0. The Balaban J connectivity index is 1.99. The molecule has 4 heteroatoms. The molecule has 0 bridgehead atoms. The zero-order valence-electron chi connectivity index (χ0n) is 10.4. The first-order chi connectivity index (χ1) is 8.24. The Labute approximate surface area is 101 Å². The molecule has 0 saturated carbocycles. The Hall–Kier alpha value is -1.58. The summed E-state index contributed by atoms with van der Waals surface area (Å²) in [7, 11) is 0. The van der Waals surface area contributed by atoms with Crippen molar-refractivity contribution < 1.29 is 0 Å². The highest BCUT2D eigenvalue weighted by molar-refractivity contribution is 5.69. The second-order valence-electron chi connectivity index (χ2n) is 5.04. The Bertz CT molecular complexity index is 523. The fourth-order valence-electron chi connectivity index (χ4n) is 2.49. The summed E-state index contributed by atoms with van der Waals surface area (Å²) in [6, 6.07) is 2.11. The van der Waals surface area contributed by atoms with E-state index in [2.05, 4.69) is 28.0 Å². The van der Waals surface area contributed by atoms with Crippen molar-refractivity contribution in [3.63, 3.8) is 0 Å². The average Bonchev–Trinajstić information content (AvgIpc) is 2.70. The van der Waals surface area contributed by atoms with Gasteiger partial charge in [0.05, 0.1) is 5.69 Å². The maximum absolute atomic E-state index is 4.53. The summed E-state index contributed by atoms with van der Waals surface area (Å²) in [6.45, 7) is 6.57. The van der Waals surface area contributed by atoms with Crippen molar-refractivity contribution in [3.8, 4) is 0 Å². The molecule has 2 aromatic rings. The van der Waals surface area contributed by atoms with E-state index >= 15 is 0 Å². The molecule has 0 N–H and O–H groups in total. The quantitative estimate of drug-likeness (QED) is 0.753. The van der Waals surface area contributed by atoms with Crippen LogP contribution in [-0.2, 0) is 0 Å². The number of hydrogen-bond acceptors (Lipinski definition) is 3. The summed E-state index contributed by atoms with van der Waals surface area (Å²) in [6.07, 6.45) is 6.27. The van der Waals surface area contributed by atoms with Crippen LogP contribution >= 0.6 is 0 Å². The van der Waals surface area contributed by atoms with Crippen LogP contribution in [0.15, 0.2) is 18.5 Å². The van der Waals surface area contributed by atoms with Crippen LogP contribution in [0, 0.1) is 12.8 Å². The van der Waals surface area contributed by atoms with Gasteiger partial charge in [0.15, 0.2) is 5.82 Å². The molecule has 0 spiro atoms. The number of piperidine rings is 1. The van der Waals surface area contributed by atoms with Gasteiger partial charge in [0, 0.05) is 25.5 Å². The van der Waals surface area contributed by atoms with Crippen LogP contribution in [0.25, 0.3) is 5.52 Å². The van der Waals surface area contributed by atoms with Crippen LogP contribution in [0.3, 0.4) is 0 Å². The van der Waals surface area contributed by atoms with Gasteiger partial charge in [-0.1, -0.05) is 6.92 Å². The van der Waals surface area contributed by atoms with Gasteiger partial charge in [0.1, 0.15) is 5.52 Å². The van der Waals surface area contributed by atoms with E-state index < -0.39 is 0 Å². The number of fused-ring (bicyclic) bond motifs is 1. The molecule has 3 rings (SSSR count). The highest BCUT2D eigenvalue weighted by Crippen LogP contribution is 2.25. The molecule has 0 unspecified atom stereocenters. The standard InChI is InChI=1S/C13H18N4/c1-10-3-6-16(7-4-10)13-12-9-11(2)15-17(12)8-5-14-13/h5,8-10H,3-4,6-7H2,1-2H3. The Kier molecular flexibility index (Phi) is 2.50. The minimum atomic E-state index is 0.845. The normalized spacial score (nSPS) is 17.9. The third-order valence-corrected chi connectivity index (χ3v) is 3.57. The van der Waals surface area contributed by atoms with Gasteiger partial charge in [0.25, 0.3) is 0 Å². The summed E-state index contributed by atoms with van der Waals surface area (Å²) < 4.78 is 1.93. The lowest BCUT2D eigenvalue weighted by Crippen LogP contribution is -2.33. The topological polar surface area (TPSA) is 33.4 Å². The Morgan fingerprint density at radius 1 is 1.29 bits per heavy atom. The van der Waals surface area contributed by atoms with Gasteiger partial charge in [-0.05, 0) is 31.7 Å². The smallest absolute Gasteiger partial charge is 0.154 e. The number of rotatable bonds is 1. The maximum Gasteiger partial charge on any atom is 0.154 e. The molecule has 90 valence electrons. The second kappa shape index (κ2) is 4.02. The van der Waals surface area contributed by atoms with Gasteiger partial charge in [-0.25, -0.2) is 9.50 Å². The largest absolute Gasteiger partial charge is 0.355 e. The van der Waals surface area contributed by atoms with Gasteiger partial charge in [-0.2, -0.15) is 5.10 Å². The van der Waals surface area contributed by atoms with E-state index in [4.69, 9.17) is 0 Å². The Morgan fingerprint density at radius 2 is 2.06 bits per heavy atom. The van der Waals surface area contributed by atoms with Crippen molar-refractivity contribution in [2.75, 3.05) is 18.0 Å². The highest BCUT2D eigenvalue weighted by atomic mass is 15.3. The molecule has 1 aliphatic rings. The van der Waals surface area contributed by atoms with E-state index in [0.717, 1.165) is 36.0 Å². The number of aromatic nitrogens is 3. The molecule has 1 saturated heterocycles. The van der Waals surface area contributed by atoms with Gasteiger partial charge < -0.3 is 4.90 Å². The minimum Gasteiger partial charge on any atom is -0.355 e. The summed E-state index contributed by atoms with van der Waals surface area (Å²) in [4.78, 5) is 6.92. The molecule has 0 aromatic carbocycles. The zero-order valence-corrected chi connectivity index (χ0v) is 10.4. The van der Waals surface area contributed by atoms with Crippen LogP contribution in [0.1, 0.15) is 25.5 Å². The van der Waals surface area contributed by atoms with Crippen molar-refractivity contribution in [2.45, 2.75) is 26.7 Å². The van der Waals surface area contributed by atoms with Gasteiger partial charge in [-0.15, -0.1) is 0 Å². The number of anilines is 1. The van der Waals surface area contributed by atoms with Crippen LogP contribution in [-0.4, -0.2) is 27.7 Å². The SMILES string of the molecule is Cc1cc2c(N3CCC(C)CC3)nccn2n1. The van der Waals surface area contributed by atoms with E-state index in [9.17, 15) is 0 Å². The average molecular weight is 230 g/mol. The van der Waals surface area contributed by atoms with E-state index in [1.54, 1.807) is 0 Å². The maximum atomic E-state index is 4.53. The molecule has 17 heavy (non-hydrogen) atoms. The minimum absolute atomic E-state index is 0.845. The van der Waals surface area contributed by atoms with Gasteiger partial charge in [-0.3, -0.25) is 0 Å². The van der Waals surface area contributed by atoms with Gasteiger partial charge in [0.2, 0.25) is 0 Å². The molecular formula is C13H18N4. The number of aryl methyl sites for hydroxylation is 1. The third-order valence-electron chi connectivity index (χ3n) is 3.57. The predicted molar refractivity (Wildman–Crippen MR) is 68.3 cm³/mol. The number of hydrogen-bond donors (Lipinski definition) is 0. The lowest BCUT2D eigenvalue weighted by molar-refractivity contribution is 0.437. The molecule has 4 nitrogen and oxygen atoms in total. The molecular weight excluding hydrogens is 212 g/mol. The predicted octanol–water partition coefficient (Wildman–Crippen LogP) is 2.27. The fraction of sp³-hybridized carbons (Fsp3) is 0.538. The first-order valence-corrected chi connectivity index (χ1v) is 6.30. The number of nitrogens with zero attached hydrogens (tertiary/aromatic N) is 4. The molecule has 2 aromatic heterocycles. The Morgan fingerprint density at radius 3 is 2.82 bits per heavy atom. The van der Waals surface area contributed by atoms with Crippen LogP contribution in [0.5, 0.6) is 0 Å². The van der Waals surface area contributed by atoms with Crippen molar-refractivity contribution in [1.82, 2.24) is 14.6 Å². The first kappa shape index (κ1) is 10.6. The fourth-order valence-corrected chi connectivity index (χ4v) is 2.49. The van der Waals surface area contributed by atoms with Gasteiger partial charge >= 0.3 is 0 Å². The van der Waals surface area contributed by atoms with E-state index in [1.165, 1.54) is 12.8 Å². The van der Waals surface area contributed by atoms with Crippen molar-refractivity contribution in [1.29, 1.82) is 0 Å². The van der Waals surface area contributed by atoms with Crippen molar-refractivity contribution in [3.05, 3.63) is 24.2 Å². The molecule has 1 fully saturated rings. The molecule has 0 radical (unpaired) electrons. The summed E-state index contributed by atoms with van der Waals surface area (Å²) in [5.74, 6) is 1.93. The van der Waals surface area contributed by atoms with Crippen LogP contribution in [0.4, 0.5) is 5.82 Å². The van der Waals surface area contributed by atoms with E-state index in [0.29, 0.717) is 0 Å². The van der Waals surface area contributed by atoms with Crippen molar-refractivity contribution in [2.24, 2.45) is 5.92 Å². The lowest BCUT2D eigenvalue weighted by Gasteiger charge is -2.31. The lowest BCUT2D eigenvalue weighted by atomic mass is 9.99. The first-order valence-electron chi connectivity index (χ1n) is 6.30. The van der Waals surface area contributed by atoms with E-state index in [1.807, 2.05) is 23.8 Å². The summed E-state index contributed by atoms with van der Waals surface area (Å²) in [5, 5.41) is 4.43. The monoisotopic (exact) mass is 230 g/mol. The molecule has 0 atom stereocenters. The molecule has 0 amide bonds. The molecule has 0 aliphatic carbocycles. The molecule has 1 aliphatic heterocycles. The zero-order chi connectivity index (χ0) is 11.8. The highest BCUT2D eigenvalue weighted by Gasteiger charge is 2.19. The second-order valence-corrected chi connectivity index (χ2v) is 5.04. The summed E-state index contributed by atoms with van der Waals surface area (Å²) in [5.41, 5.74) is 2.17. The van der Waals surface area contributed by atoms with E-state index in [-0.39, 0.29) is 0 Å². The van der Waals surface area contributed by atoms with Crippen LogP contribution in [0.2, 0.25) is 0 Å². The molecule has 3 heterocycles.